The number of hydrogen-bond acceptors (Lipinski definition) is 2. The van der Waals surface area contributed by atoms with Crippen molar-refractivity contribution < 1.29 is 0 Å². The SMILES string of the molecule is CCNC(=NCc1ccc(Cn2ccnc2)cc1)NCc1ccccc1Cl. The summed E-state index contributed by atoms with van der Waals surface area (Å²) in [6.07, 6.45) is 5.58. The molecule has 0 radical (unpaired) electrons. The zero-order chi connectivity index (χ0) is 18.9. The van der Waals surface area contributed by atoms with Gasteiger partial charge in [-0.25, -0.2) is 9.98 Å². The van der Waals surface area contributed by atoms with E-state index in [4.69, 9.17) is 11.6 Å². The van der Waals surface area contributed by atoms with Crippen LogP contribution in [0.1, 0.15) is 23.6 Å². The van der Waals surface area contributed by atoms with Crippen LogP contribution in [-0.4, -0.2) is 22.1 Å². The van der Waals surface area contributed by atoms with Gasteiger partial charge in [0.25, 0.3) is 0 Å². The summed E-state index contributed by atoms with van der Waals surface area (Å²) >= 11 is 6.22. The number of guanidine groups is 1. The first-order valence-electron chi connectivity index (χ1n) is 9.03. The third kappa shape index (κ3) is 5.86. The Labute approximate surface area is 165 Å². The molecule has 6 heteroatoms. The molecule has 2 N–H and O–H groups in total. The molecule has 27 heavy (non-hydrogen) atoms. The maximum absolute atomic E-state index is 6.22. The van der Waals surface area contributed by atoms with Crippen LogP contribution < -0.4 is 10.6 Å². The molecule has 0 aliphatic heterocycles. The fraction of sp³-hybridized carbons (Fsp3) is 0.238. The molecule has 0 saturated heterocycles. The molecular formula is C21H24ClN5. The van der Waals surface area contributed by atoms with Crippen molar-refractivity contribution in [1.29, 1.82) is 0 Å². The van der Waals surface area contributed by atoms with Gasteiger partial charge in [0, 0.05) is 37.1 Å². The van der Waals surface area contributed by atoms with Gasteiger partial charge in [-0.1, -0.05) is 54.1 Å². The molecule has 5 nitrogen and oxygen atoms in total. The zero-order valence-corrected chi connectivity index (χ0v) is 16.2. The van der Waals surface area contributed by atoms with Gasteiger partial charge in [-0.2, -0.15) is 0 Å². The van der Waals surface area contributed by atoms with Crippen molar-refractivity contribution in [2.75, 3.05) is 6.54 Å². The van der Waals surface area contributed by atoms with Crippen LogP contribution in [0.2, 0.25) is 5.02 Å². The molecule has 0 aliphatic rings. The molecule has 0 saturated carbocycles. The molecule has 0 amide bonds. The molecule has 0 atom stereocenters. The predicted molar refractivity (Wildman–Crippen MR) is 111 cm³/mol. The minimum atomic E-state index is 0.614. The van der Waals surface area contributed by atoms with Crippen LogP contribution in [0.15, 0.2) is 72.2 Å². The summed E-state index contributed by atoms with van der Waals surface area (Å²) in [5, 5.41) is 7.36. The Kier molecular flexibility index (Phi) is 6.88. The Hall–Kier alpha value is -2.79. The third-order valence-electron chi connectivity index (χ3n) is 4.12. The lowest BCUT2D eigenvalue weighted by Crippen LogP contribution is -2.36. The largest absolute Gasteiger partial charge is 0.357 e. The van der Waals surface area contributed by atoms with Crippen molar-refractivity contribution in [3.05, 3.63) is 89.0 Å². The second-order valence-electron chi connectivity index (χ2n) is 6.19. The number of hydrogen-bond donors (Lipinski definition) is 2. The highest BCUT2D eigenvalue weighted by Gasteiger charge is 2.02. The number of benzene rings is 2. The maximum Gasteiger partial charge on any atom is 0.191 e. The van der Waals surface area contributed by atoms with Crippen LogP contribution in [0, 0.1) is 0 Å². The van der Waals surface area contributed by atoms with Gasteiger partial charge >= 0.3 is 0 Å². The van der Waals surface area contributed by atoms with Crippen LogP contribution >= 0.6 is 11.6 Å². The Bertz CT molecular complexity index is 857. The number of imidazole rings is 1. The summed E-state index contributed by atoms with van der Waals surface area (Å²) in [5.41, 5.74) is 3.46. The van der Waals surface area contributed by atoms with Gasteiger partial charge in [0.15, 0.2) is 5.96 Å². The molecule has 0 bridgehead atoms. The van der Waals surface area contributed by atoms with E-state index in [9.17, 15) is 0 Å². The Morgan fingerprint density at radius 1 is 1.07 bits per heavy atom. The highest BCUT2D eigenvalue weighted by Crippen LogP contribution is 2.14. The van der Waals surface area contributed by atoms with Crippen molar-refractivity contribution in [3.8, 4) is 0 Å². The van der Waals surface area contributed by atoms with Crippen molar-refractivity contribution in [2.24, 2.45) is 4.99 Å². The monoisotopic (exact) mass is 381 g/mol. The Morgan fingerprint density at radius 3 is 2.56 bits per heavy atom. The minimum Gasteiger partial charge on any atom is -0.357 e. The summed E-state index contributed by atoms with van der Waals surface area (Å²) in [6.45, 7) is 4.93. The third-order valence-corrected chi connectivity index (χ3v) is 4.48. The molecule has 0 unspecified atom stereocenters. The molecule has 1 aromatic heterocycles. The summed E-state index contributed by atoms with van der Waals surface area (Å²) in [7, 11) is 0. The van der Waals surface area contributed by atoms with Crippen molar-refractivity contribution in [1.82, 2.24) is 20.2 Å². The lowest BCUT2D eigenvalue weighted by atomic mass is 10.1. The number of aliphatic imine (C=N–C) groups is 1. The first-order chi connectivity index (χ1) is 13.2. The molecule has 1 heterocycles. The lowest BCUT2D eigenvalue weighted by Gasteiger charge is -2.12. The van der Waals surface area contributed by atoms with E-state index in [2.05, 4.69) is 56.4 Å². The first kappa shape index (κ1) is 19.0. The van der Waals surface area contributed by atoms with Gasteiger partial charge in [0.2, 0.25) is 0 Å². The van der Waals surface area contributed by atoms with E-state index in [-0.39, 0.29) is 0 Å². The molecule has 140 valence electrons. The first-order valence-corrected chi connectivity index (χ1v) is 9.41. The summed E-state index contributed by atoms with van der Waals surface area (Å²) < 4.78 is 2.05. The van der Waals surface area contributed by atoms with Gasteiger partial charge in [-0.05, 0) is 29.7 Å². The number of rotatable bonds is 7. The summed E-state index contributed by atoms with van der Waals surface area (Å²) in [6, 6.07) is 16.3. The van der Waals surface area contributed by atoms with E-state index in [1.165, 1.54) is 11.1 Å². The van der Waals surface area contributed by atoms with Crippen LogP contribution in [0.25, 0.3) is 0 Å². The second kappa shape index (κ2) is 9.78. The van der Waals surface area contributed by atoms with Gasteiger partial charge in [-0.15, -0.1) is 0 Å². The maximum atomic E-state index is 6.22. The van der Waals surface area contributed by atoms with Gasteiger partial charge in [-0.3, -0.25) is 0 Å². The second-order valence-corrected chi connectivity index (χ2v) is 6.60. The average Bonchev–Trinajstić information content (AvgIpc) is 3.19. The molecule has 0 aliphatic carbocycles. The fourth-order valence-corrected chi connectivity index (χ4v) is 2.88. The van der Waals surface area contributed by atoms with Crippen LogP contribution in [-0.2, 0) is 19.6 Å². The smallest absolute Gasteiger partial charge is 0.191 e. The molecule has 0 spiro atoms. The van der Waals surface area contributed by atoms with Crippen LogP contribution in [0.5, 0.6) is 0 Å². The summed E-state index contributed by atoms with van der Waals surface area (Å²) in [5.74, 6) is 0.778. The van der Waals surface area contributed by atoms with E-state index < -0.39 is 0 Å². The topological polar surface area (TPSA) is 54.2 Å². The normalized spacial score (nSPS) is 11.4. The van der Waals surface area contributed by atoms with E-state index in [1.54, 1.807) is 6.20 Å². The average molecular weight is 382 g/mol. The number of halogens is 1. The van der Waals surface area contributed by atoms with Crippen LogP contribution in [0.3, 0.4) is 0 Å². The van der Waals surface area contributed by atoms with Crippen molar-refractivity contribution in [2.45, 2.75) is 26.6 Å². The van der Waals surface area contributed by atoms with Crippen molar-refractivity contribution >= 4 is 17.6 Å². The number of nitrogens with one attached hydrogen (secondary N) is 2. The minimum absolute atomic E-state index is 0.614. The predicted octanol–water partition coefficient (Wildman–Crippen LogP) is 3.84. The molecular weight excluding hydrogens is 358 g/mol. The number of aromatic nitrogens is 2. The zero-order valence-electron chi connectivity index (χ0n) is 15.4. The van der Waals surface area contributed by atoms with Gasteiger partial charge in [0.05, 0.1) is 12.9 Å². The van der Waals surface area contributed by atoms with E-state index in [1.807, 2.05) is 36.8 Å². The van der Waals surface area contributed by atoms with Gasteiger partial charge < -0.3 is 15.2 Å². The quantitative estimate of drug-likeness (QED) is 0.483. The highest BCUT2D eigenvalue weighted by molar-refractivity contribution is 6.31. The Balaban J connectivity index is 1.58. The number of nitrogens with zero attached hydrogens (tertiary/aromatic N) is 3. The molecule has 3 rings (SSSR count). The summed E-state index contributed by atoms with van der Waals surface area (Å²) in [4.78, 5) is 8.74. The van der Waals surface area contributed by atoms with Crippen LogP contribution in [0.4, 0.5) is 0 Å². The van der Waals surface area contributed by atoms with Gasteiger partial charge in [0.1, 0.15) is 0 Å². The molecule has 3 aromatic rings. The Morgan fingerprint density at radius 2 is 1.85 bits per heavy atom. The lowest BCUT2D eigenvalue weighted by molar-refractivity contribution is 0.796. The molecule has 2 aromatic carbocycles. The van der Waals surface area contributed by atoms with E-state index in [0.717, 1.165) is 29.6 Å². The van der Waals surface area contributed by atoms with E-state index >= 15 is 0 Å². The standard InChI is InChI=1S/C21H24ClN5/c1-2-24-21(26-14-19-5-3-4-6-20(19)22)25-13-17-7-9-18(10-8-17)15-27-12-11-23-16-27/h3-12,16H,2,13-15H2,1H3,(H2,24,25,26). The molecule has 0 fully saturated rings. The van der Waals surface area contributed by atoms with E-state index in [0.29, 0.717) is 13.1 Å². The van der Waals surface area contributed by atoms with Crippen molar-refractivity contribution in [3.63, 3.8) is 0 Å². The highest BCUT2D eigenvalue weighted by atomic mass is 35.5. The fourth-order valence-electron chi connectivity index (χ4n) is 2.67.